The van der Waals surface area contributed by atoms with E-state index in [-0.39, 0.29) is 15.6 Å². The van der Waals surface area contributed by atoms with Crippen LogP contribution < -0.4 is 0 Å². The maximum Gasteiger partial charge on any atom is 0.318 e. The maximum atomic E-state index is 12.4. The Labute approximate surface area is 66.6 Å². The van der Waals surface area contributed by atoms with Crippen LogP contribution in [0.25, 0.3) is 0 Å². The molecular formula is C6H4ClFNO2+. The molecule has 0 aliphatic carbocycles. The van der Waals surface area contributed by atoms with Crippen LogP contribution >= 0.6 is 11.6 Å². The Kier molecular flexibility index (Phi) is 2.05. The van der Waals surface area contributed by atoms with Gasteiger partial charge in [0.1, 0.15) is 5.82 Å². The third kappa shape index (κ3) is 1.65. The van der Waals surface area contributed by atoms with Gasteiger partial charge in [-0.05, 0) is 6.07 Å². The van der Waals surface area contributed by atoms with Crippen molar-refractivity contribution in [3.63, 3.8) is 0 Å². The molecule has 0 fully saturated rings. The van der Waals surface area contributed by atoms with E-state index in [2.05, 4.69) is 0 Å². The number of hydrogen-bond donors (Lipinski definition) is 1. The van der Waals surface area contributed by atoms with Crippen LogP contribution in [-0.4, -0.2) is 10.1 Å². The summed E-state index contributed by atoms with van der Waals surface area (Å²) in [6.45, 7) is 0. The lowest BCUT2D eigenvalue weighted by atomic mass is 10.3. The van der Waals surface area contributed by atoms with E-state index in [1.54, 1.807) is 0 Å². The topological polar surface area (TPSA) is 40.3 Å². The minimum atomic E-state index is -0.628. The predicted molar refractivity (Wildman–Crippen MR) is 36.5 cm³/mol. The molecule has 58 valence electrons. The second kappa shape index (κ2) is 2.84. The standard InChI is InChI=1S/C6H4ClFNO2/c7-5-3-4(9(10)11)1-2-6(5)8/h1-3H,(H,10,11)/q+1. The predicted octanol–water partition coefficient (Wildman–Crippen LogP) is 2.28. The van der Waals surface area contributed by atoms with Gasteiger partial charge in [-0.2, -0.15) is 0 Å². The zero-order chi connectivity index (χ0) is 8.43. The van der Waals surface area contributed by atoms with Crippen LogP contribution in [0.2, 0.25) is 5.02 Å². The van der Waals surface area contributed by atoms with Crippen molar-refractivity contribution in [3.05, 3.63) is 33.9 Å². The van der Waals surface area contributed by atoms with Crippen molar-refractivity contribution in [3.8, 4) is 0 Å². The molecule has 0 amide bonds. The van der Waals surface area contributed by atoms with Crippen LogP contribution in [0.15, 0.2) is 18.2 Å². The van der Waals surface area contributed by atoms with E-state index in [4.69, 9.17) is 16.8 Å². The van der Waals surface area contributed by atoms with Crippen molar-refractivity contribution in [1.29, 1.82) is 0 Å². The molecular weight excluding hydrogens is 173 g/mol. The van der Waals surface area contributed by atoms with Crippen molar-refractivity contribution in [1.82, 2.24) is 0 Å². The Bertz CT molecular complexity index is 303. The Morgan fingerprint density at radius 2 is 2.18 bits per heavy atom. The molecule has 0 bridgehead atoms. The first-order valence-electron chi connectivity index (χ1n) is 2.72. The molecule has 0 aromatic heterocycles. The lowest BCUT2D eigenvalue weighted by Gasteiger charge is -1.89. The summed E-state index contributed by atoms with van der Waals surface area (Å²) in [5.74, 6) is -0.628. The first-order valence-corrected chi connectivity index (χ1v) is 3.10. The first kappa shape index (κ1) is 7.94. The zero-order valence-electron chi connectivity index (χ0n) is 5.29. The van der Waals surface area contributed by atoms with Crippen molar-refractivity contribution in [2.24, 2.45) is 0 Å². The van der Waals surface area contributed by atoms with Gasteiger partial charge in [-0.1, -0.05) is 11.6 Å². The second-order valence-electron chi connectivity index (χ2n) is 1.87. The smallest absolute Gasteiger partial charge is 0.241 e. The molecule has 0 radical (unpaired) electrons. The maximum absolute atomic E-state index is 12.4. The van der Waals surface area contributed by atoms with E-state index >= 15 is 0 Å². The zero-order valence-corrected chi connectivity index (χ0v) is 6.05. The van der Waals surface area contributed by atoms with Crippen LogP contribution in [0.3, 0.4) is 0 Å². The summed E-state index contributed by atoms with van der Waals surface area (Å²) in [4.78, 5) is 9.82. The highest BCUT2D eigenvalue weighted by Crippen LogP contribution is 2.20. The molecule has 1 aromatic carbocycles. The van der Waals surface area contributed by atoms with Crippen molar-refractivity contribution in [2.75, 3.05) is 0 Å². The van der Waals surface area contributed by atoms with E-state index in [1.165, 1.54) is 0 Å². The number of halogens is 2. The lowest BCUT2D eigenvalue weighted by molar-refractivity contribution is -0.729. The third-order valence-corrected chi connectivity index (χ3v) is 1.41. The minimum Gasteiger partial charge on any atom is -0.241 e. The first-order chi connectivity index (χ1) is 5.11. The second-order valence-corrected chi connectivity index (χ2v) is 2.28. The Morgan fingerprint density at radius 3 is 2.64 bits per heavy atom. The van der Waals surface area contributed by atoms with E-state index in [0.29, 0.717) is 0 Å². The van der Waals surface area contributed by atoms with Gasteiger partial charge in [0, 0.05) is 12.1 Å². The van der Waals surface area contributed by atoms with Crippen molar-refractivity contribution in [2.45, 2.75) is 0 Å². The highest BCUT2D eigenvalue weighted by atomic mass is 35.5. The molecule has 0 atom stereocenters. The lowest BCUT2D eigenvalue weighted by Crippen LogP contribution is -1.91. The van der Waals surface area contributed by atoms with Gasteiger partial charge in [-0.15, -0.1) is 0 Å². The van der Waals surface area contributed by atoms with Gasteiger partial charge >= 0.3 is 5.69 Å². The highest BCUT2D eigenvalue weighted by molar-refractivity contribution is 6.30. The fourth-order valence-electron chi connectivity index (χ4n) is 0.604. The van der Waals surface area contributed by atoms with Crippen molar-refractivity contribution < 1.29 is 14.5 Å². The molecule has 0 aliphatic rings. The molecule has 5 heteroatoms. The molecule has 0 heterocycles. The van der Waals surface area contributed by atoms with Crippen LogP contribution in [0, 0.1) is 10.7 Å². The number of hydrogen-bond acceptors (Lipinski definition) is 1. The summed E-state index contributed by atoms with van der Waals surface area (Å²) in [6.07, 6.45) is 0. The van der Waals surface area contributed by atoms with Gasteiger partial charge in [0.15, 0.2) is 0 Å². The van der Waals surface area contributed by atoms with Crippen LogP contribution in [-0.2, 0) is 0 Å². The quantitative estimate of drug-likeness (QED) is 0.667. The van der Waals surface area contributed by atoms with E-state index in [0.717, 1.165) is 18.2 Å². The Morgan fingerprint density at radius 1 is 1.55 bits per heavy atom. The van der Waals surface area contributed by atoms with Gasteiger partial charge in [0.25, 0.3) is 4.92 Å². The van der Waals surface area contributed by atoms with Crippen LogP contribution in [0.4, 0.5) is 10.1 Å². The molecule has 1 N–H and O–H groups in total. The average Bonchev–Trinajstić information content (AvgIpc) is 1.94. The molecule has 0 spiro atoms. The highest BCUT2D eigenvalue weighted by Gasteiger charge is 2.13. The van der Waals surface area contributed by atoms with Crippen molar-refractivity contribution >= 4 is 17.3 Å². The molecule has 0 saturated heterocycles. The fourth-order valence-corrected chi connectivity index (χ4v) is 0.779. The van der Waals surface area contributed by atoms with Gasteiger partial charge in [0.2, 0.25) is 0 Å². The van der Waals surface area contributed by atoms with E-state index in [1.807, 2.05) is 0 Å². The van der Waals surface area contributed by atoms with Gasteiger partial charge < -0.3 is 0 Å². The van der Waals surface area contributed by atoms with Gasteiger partial charge in [-0.25, -0.2) is 9.60 Å². The van der Waals surface area contributed by atoms with E-state index < -0.39 is 5.82 Å². The molecule has 0 aliphatic heterocycles. The average molecular weight is 177 g/mol. The number of benzene rings is 1. The summed E-state index contributed by atoms with van der Waals surface area (Å²) < 4.78 is 12.4. The van der Waals surface area contributed by atoms with Gasteiger partial charge in [0.05, 0.1) is 9.93 Å². The fraction of sp³-hybridized carbons (Fsp3) is 0. The summed E-state index contributed by atoms with van der Waals surface area (Å²) in [6, 6.07) is 3.15. The van der Waals surface area contributed by atoms with E-state index in [9.17, 15) is 9.30 Å². The minimum absolute atomic E-state index is 0.101. The monoisotopic (exact) mass is 176 g/mol. The Balaban J connectivity index is 3.15. The molecule has 0 saturated carbocycles. The Hall–Kier alpha value is -1.16. The summed E-state index contributed by atoms with van der Waals surface area (Å²) in [5, 5.41) is 8.14. The molecule has 11 heavy (non-hydrogen) atoms. The molecule has 3 nitrogen and oxygen atoms in total. The number of nitrogens with zero attached hydrogens (tertiary/aromatic N) is 1. The molecule has 0 unspecified atom stereocenters. The molecule has 1 rings (SSSR count). The molecule has 1 aromatic rings. The number of rotatable bonds is 1. The van der Waals surface area contributed by atoms with Crippen LogP contribution in [0.5, 0.6) is 0 Å². The SMILES string of the molecule is O=[N+](O)c1ccc(F)c(Cl)c1. The van der Waals surface area contributed by atoms with Crippen LogP contribution in [0.1, 0.15) is 0 Å². The third-order valence-electron chi connectivity index (χ3n) is 1.12. The normalized spacial score (nSPS) is 9.64. The largest absolute Gasteiger partial charge is 0.318 e. The summed E-state index contributed by atoms with van der Waals surface area (Å²) >= 11 is 5.31. The summed E-state index contributed by atoms with van der Waals surface area (Å²) in [7, 11) is 0. The summed E-state index contributed by atoms with van der Waals surface area (Å²) in [5.41, 5.74) is -0.101. The van der Waals surface area contributed by atoms with Gasteiger partial charge in [-0.3, -0.25) is 0 Å².